The number of carbonyl (C=O) groups is 2. The van der Waals surface area contributed by atoms with E-state index in [0.29, 0.717) is 11.4 Å². The molecule has 7 nitrogen and oxygen atoms in total. The summed E-state index contributed by atoms with van der Waals surface area (Å²) in [6, 6.07) is 14.1. The Morgan fingerprint density at radius 2 is 1.74 bits per heavy atom. The first-order chi connectivity index (χ1) is 18.3. The SMILES string of the molecule is COC(=O)[C@H]1CC(S(=O)(=O)c2ccc3cc(Cl)ccc3c2)CC(=O)C1CC1CCN(c2ccncc2)CC1. The summed E-state index contributed by atoms with van der Waals surface area (Å²) in [6.07, 6.45) is 5.94. The van der Waals surface area contributed by atoms with Crippen LogP contribution in [0.5, 0.6) is 0 Å². The van der Waals surface area contributed by atoms with Crippen LogP contribution in [0.1, 0.15) is 32.1 Å². The molecule has 0 bridgehead atoms. The Labute approximate surface area is 228 Å². The highest BCUT2D eigenvalue weighted by atomic mass is 35.5. The molecule has 2 unspecified atom stereocenters. The molecule has 1 aliphatic heterocycles. The van der Waals surface area contributed by atoms with Gasteiger partial charge in [0.15, 0.2) is 9.84 Å². The molecule has 1 aliphatic carbocycles. The smallest absolute Gasteiger partial charge is 0.309 e. The zero-order valence-electron chi connectivity index (χ0n) is 21.3. The van der Waals surface area contributed by atoms with Crippen molar-refractivity contribution in [3.05, 3.63) is 65.9 Å². The quantitative estimate of drug-likeness (QED) is 0.391. The second kappa shape index (κ2) is 11.0. The highest BCUT2D eigenvalue weighted by molar-refractivity contribution is 7.92. The van der Waals surface area contributed by atoms with Crippen molar-refractivity contribution in [2.24, 2.45) is 17.8 Å². The summed E-state index contributed by atoms with van der Waals surface area (Å²) < 4.78 is 32.3. The normalized spacial score (nSPS) is 22.9. The van der Waals surface area contributed by atoms with E-state index in [4.69, 9.17) is 16.3 Å². The monoisotopic (exact) mass is 554 g/mol. The van der Waals surface area contributed by atoms with Gasteiger partial charge in [-0.3, -0.25) is 14.6 Å². The second-order valence-corrected chi connectivity index (χ2v) is 13.0. The number of hydrogen-bond donors (Lipinski definition) is 0. The molecule has 3 atom stereocenters. The van der Waals surface area contributed by atoms with Crippen LogP contribution in [-0.4, -0.2) is 50.6 Å². The van der Waals surface area contributed by atoms with Gasteiger partial charge in [-0.1, -0.05) is 23.7 Å². The third-order valence-corrected chi connectivity index (χ3v) is 10.5. The molecule has 38 heavy (non-hydrogen) atoms. The Kier molecular flexibility index (Phi) is 7.73. The van der Waals surface area contributed by atoms with Crippen molar-refractivity contribution in [3.8, 4) is 0 Å². The van der Waals surface area contributed by atoms with Crippen LogP contribution in [0.3, 0.4) is 0 Å². The Bertz CT molecular complexity index is 1440. The number of carbonyl (C=O) groups excluding carboxylic acids is 2. The number of piperidine rings is 1. The van der Waals surface area contributed by atoms with Crippen molar-refractivity contribution in [2.75, 3.05) is 25.1 Å². The molecule has 0 spiro atoms. The topological polar surface area (TPSA) is 93.6 Å². The van der Waals surface area contributed by atoms with E-state index < -0.39 is 32.9 Å². The largest absolute Gasteiger partial charge is 0.469 e. The van der Waals surface area contributed by atoms with E-state index in [-0.39, 0.29) is 29.4 Å². The predicted molar refractivity (Wildman–Crippen MR) is 147 cm³/mol. The van der Waals surface area contributed by atoms with E-state index in [1.165, 1.54) is 7.11 Å². The number of rotatable bonds is 6. The van der Waals surface area contributed by atoms with Crippen LogP contribution in [0, 0.1) is 17.8 Å². The zero-order chi connectivity index (χ0) is 26.9. The fourth-order valence-corrected chi connectivity index (χ4v) is 7.94. The Morgan fingerprint density at radius 3 is 2.45 bits per heavy atom. The molecule has 9 heteroatoms. The molecule has 0 amide bonds. The number of ether oxygens (including phenoxy) is 1. The van der Waals surface area contributed by atoms with Crippen LogP contribution >= 0.6 is 11.6 Å². The lowest BCUT2D eigenvalue weighted by molar-refractivity contribution is -0.152. The summed E-state index contributed by atoms with van der Waals surface area (Å²) in [5.74, 6) is -1.67. The van der Waals surface area contributed by atoms with Crippen molar-refractivity contribution in [1.82, 2.24) is 4.98 Å². The molecule has 1 aromatic heterocycles. The van der Waals surface area contributed by atoms with Gasteiger partial charge < -0.3 is 9.64 Å². The molecule has 2 aliphatic rings. The van der Waals surface area contributed by atoms with Gasteiger partial charge in [-0.15, -0.1) is 0 Å². The van der Waals surface area contributed by atoms with Crippen LogP contribution in [0.25, 0.3) is 10.8 Å². The summed E-state index contributed by atoms with van der Waals surface area (Å²) in [5.41, 5.74) is 1.13. The maximum absolute atomic E-state index is 13.6. The first kappa shape index (κ1) is 26.6. The average Bonchev–Trinajstić information content (AvgIpc) is 2.94. The van der Waals surface area contributed by atoms with Crippen molar-refractivity contribution in [1.29, 1.82) is 0 Å². The van der Waals surface area contributed by atoms with Gasteiger partial charge in [0.1, 0.15) is 5.78 Å². The standard InChI is InChI=1S/C29H31ClN2O5S/c1-37-29(34)27-17-25(38(35,36)24-5-3-20-15-22(30)4-2-21(20)16-24)18-28(33)26(27)14-19-8-12-32(13-9-19)23-6-10-31-11-7-23/h2-7,10-11,15-16,19,25-27H,8-9,12-14,17-18H2,1H3/t25?,26?,27-/m0/s1. The molecule has 2 heterocycles. The number of pyridine rings is 1. The molecule has 2 fully saturated rings. The van der Waals surface area contributed by atoms with Gasteiger partial charge in [-0.25, -0.2) is 8.42 Å². The van der Waals surface area contributed by atoms with E-state index in [1.807, 2.05) is 12.1 Å². The molecule has 0 N–H and O–H groups in total. The number of Topliss-reactive ketones (excluding diaryl/α,β-unsaturated/α-hetero) is 1. The highest BCUT2D eigenvalue weighted by Gasteiger charge is 2.46. The van der Waals surface area contributed by atoms with Gasteiger partial charge in [-0.05, 0) is 78.8 Å². The number of methoxy groups -OCH3 is 1. The maximum atomic E-state index is 13.6. The number of fused-ring (bicyclic) bond motifs is 1. The summed E-state index contributed by atoms with van der Waals surface area (Å²) in [4.78, 5) is 32.8. The number of nitrogens with zero attached hydrogens (tertiary/aromatic N) is 2. The minimum absolute atomic E-state index is 0.0833. The van der Waals surface area contributed by atoms with E-state index in [1.54, 1.807) is 48.8 Å². The van der Waals surface area contributed by atoms with E-state index in [0.717, 1.165) is 42.4 Å². The Morgan fingerprint density at radius 1 is 1.05 bits per heavy atom. The number of ketones is 1. The predicted octanol–water partition coefficient (Wildman–Crippen LogP) is 5.11. The number of esters is 1. The van der Waals surface area contributed by atoms with Crippen LogP contribution < -0.4 is 4.90 Å². The number of halogens is 1. The molecule has 200 valence electrons. The summed E-state index contributed by atoms with van der Waals surface area (Å²) in [7, 11) is -2.54. The van der Waals surface area contributed by atoms with Gasteiger partial charge in [0.25, 0.3) is 0 Å². The molecular weight excluding hydrogens is 524 g/mol. The van der Waals surface area contributed by atoms with Crippen LogP contribution in [0.2, 0.25) is 5.02 Å². The van der Waals surface area contributed by atoms with Gasteiger partial charge in [0.05, 0.1) is 23.2 Å². The van der Waals surface area contributed by atoms with Crippen molar-refractivity contribution in [3.63, 3.8) is 0 Å². The lowest BCUT2D eigenvalue weighted by Gasteiger charge is -2.38. The molecule has 5 rings (SSSR count). The first-order valence-electron chi connectivity index (χ1n) is 12.9. The van der Waals surface area contributed by atoms with Crippen LogP contribution in [0.4, 0.5) is 5.69 Å². The summed E-state index contributed by atoms with van der Waals surface area (Å²) in [5, 5.41) is 1.19. The number of sulfone groups is 1. The number of hydrogen-bond acceptors (Lipinski definition) is 7. The van der Waals surface area contributed by atoms with Gasteiger partial charge >= 0.3 is 5.97 Å². The van der Waals surface area contributed by atoms with Crippen LogP contribution in [-0.2, 0) is 24.2 Å². The first-order valence-corrected chi connectivity index (χ1v) is 14.9. The van der Waals surface area contributed by atoms with Crippen molar-refractivity contribution >= 4 is 49.7 Å². The Balaban J connectivity index is 1.31. The van der Waals surface area contributed by atoms with Crippen molar-refractivity contribution < 1.29 is 22.7 Å². The van der Waals surface area contributed by atoms with E-state index in [2.05, 4.69) is 9.88 Å². The lowest BCUT2D eigenvalue weighted by atomic mass is 9.72. The van der Waals surface area contributed by atoms with Gasteiger partial charge in [0.2, 0.25) is 0 Å². The van der Waals surface area contributed by atoms with Gasteiger partial charge in [-0.2, -0.15) is 0 Å². The van der Waals surface area contributed by atoms with E-state index >= 15 is 0 Å². The number of anilines is 1. The molecule has 1 saturated heterocycles. The molecule has 2 aromatic carbocycles. The summed E-state index contributed by atoms with van der Waals surface area (Å²) in [6.45, 7) is 1.73. The zero-order valence-corrected chi connectivity index (χ0v) is 22.8. The second-order valence-electron chi connectivity index (χ2n) is 10.3. The summed E-state index contributed by atoms with van der Waals surface area (Å²) >= 11 is 6.06. The minimum atomic E-state index is -3.84. The van der Waals surface area contributed by atoms with Gasteiger partial charge in [0, 0.05) is 48.5 Å². The van der Waals surface area contributed by atoms with E-state index in [9.17, 15) is 18.0 Å². The molecule has 0 radical (unpaired) electrons. The molecular formula is C29H31ClN2O5S. The molecule has 3 aromatic rings. The fourth-order valence-electron chi connectivity index (χ4n) is 5.98. The lowest BCUT2D eigenvalue weighted by Crippen LogP contribution is -2.44. The maximum Gasteiger partial charge on any atom is 0.309 e. The highest BCUT2D eigenvalue weighted by Crippen LogP contribution is 2.40. The number of aromatic nitrogens is 1. The van der Waals surface area contributed by atoms with Crippen molar-refractivity contribution in [2.45, 2.75) is 42.2 Å². The third-order valence-electron chi connectivity index (χ3n) is 8.12. The molecule has 1 saturated carbocycles. The fraction of sp³-hybridized carbons (Fsp3) is 0.414. The third kappa shape index (κ3) is 5.43. The average molecular weight is 555 g/mol. The number of benzene rings is 2. The van der Waals surface area contributed by atoms with Crippen LogP contribution in [0.15, 0.2) is 65.8 Å². The minimum Gasteiger partial charge on any atom is -0.469 e. The Hall–Kier alpha value is -2.97.